The predicted octanol–water partition coefficient (Wildman–Crippen LogP) is 3.52. The van der Waals surface area contributed by atoms with Crippen molar-refractivity contribution in [2.45, 2.75) is 18.9 Å². The summed E-state index contributed by atoms with van der Waals surface area (Å²) in [6.07, 6.45) is 5.58. The number of carbonyl (C=O) groups is 1. The number of carbonyl (C=O) groups excluding carboxylic acids is 1. The number of hydrogen-bond donors (Lipinski definition) is 2. The summed E-state index contributed by atoms with van der Waals surface area (Å²) in [6, 6.07) is 2.62. The summed E-state index contributed by atoms with van der Waals surface area (Å²) in [5, 5.41) is 7.16. The number of anilines is 1. The van der Waals surface area contributed by atoms with Gasteiger partial charge in [-0.15, -0.1) is 0 Å². The minimum absolute atomic E-state index is 0.00324. The number of halogens is 2. The number of rotatable bonds is 8. The van der Waals surface area contributed by atoms with Crippen molar-refractivity contribution in [3.63, 3.8) is 0 Å². The van der Waals surface area contributed by atoms with Crippen LogP contribution in [0.5, 0.6) is 11.5 Å². The molecule has 34 heavy (non-hydrogen) atoms. The minimum atomic E-state index is -0.878. The number of allylic oxidation sites excluding steroid dienone is 1. The predicted molar refractivity (Wildman–Crippen MR) is 124 cm³/mol. The maximum atomic E-state index is 14.9. The van der Waals surface area contributed by atoms with E-state index in [1.807, 2.05) is 0 Å². The molecule has 0 radical (unpaired) electrons. The van der Waals surface area contributed by atoms with Crippen molar-refractivity contribution in [1.29, 1.82) is 0 Å². The van der Waals surface area contributed by atoms with Crippen molar-refractivity contribution in [1.82, 2.24) is 20.3 Å². The van der Waals surface area contributed by atoms with Crippen LogP contribution >= 0.6 is 0 Å². The summed E-state index contributed by atoms with van der Waals surface area (Å²) in [6.45, 7) is 5.05. The van der Waals surface area contributed by atoms with E-state index in [0.29, 0.717) is 29.8 Å². The van der Waals surface area contributed by atoms with Gasteiger partial charge in [-0.05, 0) is 31.0 Å². The van der Waals surface area contributed by atoms with Crippen LogP contribution < -0.4 is 20.1 Å². The van der Waals surface area contributed by atoms with Crippen LogP contribution in [0.3, 0.4) is 0 Å². The fourth-order valence-electron chi connectivity index (χ4n) is 4.08. The molecule has 0 bridgehead atoms. The zero-order valence-electron chi connectivity index (χ0n) is 18.9. The third kappa shape index (κ3) is 4.67. The molecule has 3 aromatic rings. The maximum Gasteiger partial charge on any atom is 0.223 e. The van der Waals surface area contributed by atoms with E-state index in [4.69, 9.17) is 9.47 Å². The molecule has 0 spiro atoms. The highest BCUT2D eigenvalue weighted by Gasteiger charge is 2.27. The number of hydrogen-bond acceptors (Lipinski definition) is 8. The quantitative estimate of drug-likeness (QED) is 0.484. The number of pyridine rings is 1. The molecule has 2 N–H and O–H groups in total. The average Bonchev–Trinajstić information content (AvgIpc) is 2.85. The van der Waals surface area contributed by atoms with Gasteiger partial charge in [0.2, 0.25) is 5.95 Å². The Morgan fingerprint density at radius 1 is 1.21 bits per heavy atom. The topological polar surface area (TPSA) is 98.3 Å². The largest absolute Gasteiger partial charge is 0.494 e. The van der Waals surface area contributed by atoms with Gasteiger partial charge in [-0.1, -0.05) is 6.58 Å². The molecule has 4 rings (SSSR count). The van der Waals surface area contributed by atoms with Crippen molar-refractivity contribution >= 4 is 22.6 Å². The number of benzene rings is 1. The normalized spacial score (nSPS) is 17.9. The first-order chi connectivity index (χ1) is 16.4. The molecule has 178 valence electrons. The standard InChI is InChI=1S/C24H25F2N5O3/c1-4-15(32)7-13-5-6-27-11-17(13)30-24-29-10-14-8-16(28-12-18(14)31-24)21-22(25)19(33-2)9-20(34-3)23(21)26/h4,8-10,12-13,17,27H,1,5-7,11H2,2-3H3,(H,29,30,31)/t13-,17-/m1/s1. The van der Waals surface area contributed by atoms with E-state index in [1.54, 1.807) is 6.20 Å². The van der Waals surface area contributed by atoms with E-state index in [2.05, 4.69) is 32.2 Å². The number of methoxy groups -OCH3 is 2. The van der Waals surface area contributed by atoms with Gasteiger partial charge in [0.05, 0.1) is 37.2 Å². The zero-order valence-corrected chi connectivity index (χ0v) is 18.9. The molecule has 0 aliphatic carbocycles. The number of aromatic nitrogens is 3. The molecule has 0 unspecified atom stereocenters. The smallest absolute Gasteiger partial charge is 0.223 e. The Labute approximate surface area is 195 Å². The molecule has 2 aromatic heterocycles. The van der Waals surface area contributed by atoms with Gasteiger partial charge in [0, 0.05) is 36.7 Å². The van der Waals surface area contributed by atoms with Gasteiger partial charge in [0.15, 0.2) is 28.9 Å². The Morgan fingerprint density at radius 3 is 2.62 bits per heavy atom. The number of fused-ring (bicyclic) bond motifs is 1. The van der Waals surface area contributed by atoms with Crippen molar-refractivity contribution in [2.75, 3.05) is 32.6 Å². The molecular formula is C24H25F2N5O3. The summed E-state index contributed by atoms with van der Waals surface area (Å²) >= 11 is 0. The number of nitrogens with one attached hydrogen (secondary N) is 2. The van der Waals surface area contributed by atoms with Gasteiger partial charge in [0.25, 0.3) is 0 Å². The van der Waals surface area contributed by atoms with E-state index < -0.39 is 11.6 Å². The van der Waals surface area contributed by atoms with Crippen LogP contribution in [0, 0.1) is 17.6 Å². The summed E-state index contributed by atoms with van der Waals surface area (Å²) in [5.41, 5.74) is 0.200. The monoisotopic (exact) mass is 469 g/mol. The molecule has 0 amide bonds. The van der Waals surface area contributed by atoms with Crippen molar-refractivity contribution in [3.8, 4) is 22.8 Å². The molecule has 1 fully saturated rings. The number of piperidine rings is 1. The Bertz CT molecular complexity index is 1210. The van der Waals surface area contributed by atoms with Crippen molar-refractivity contribution < 1.29 is 23.0 Å². The number of nitrogens with zero attached hydrogens (tertiary/aromatic N) is 3. The molecule has 10 heteroatoms. The van der Waals surface area contributed by atoms with E-state index in [0.717, 1.165) is 19.0 Å². The third-order valence-electron chi connectivity index (χ3n) is 5.93. The van der Waals surface area contributed by atoms with Crippen molar-refractivity contribution in [3.05, 3.63) is 48.8 Å². The molecule has 3 heterocycles. The van der Waals surface area contributed by atoms with Crippen LogP contribution in [0.25, 0.3) is 22.2 Å². The lowest BCUT2D eigenvalue weighted by Gasteiger charge is -2.32. The Hall–Kier alpha value is -3.66. The van der Waals surface area contributed by atoms with E-state index in [1.165, 1.54) is 32.6 Å². The van der Waals surface area contributed by atoms with E-state index >= 15 is 0 Å². The van der Waals surface area contributed by atoms with Crippen LogP contribution in [0.2, 0.25) is 0 Å². The third-order valence-corrected chi connectivity index (χ3v) is 5.93. The van der Waals surface area contributed by atoms with Gasteiger partial charge in [-0.2, -0.15) is 0 Å². The Kier molecular flexibility index (Phi) is 6.97. The highest BCUT2D eigenvalue weighted by Crippen LogP contribution is 2.37. The second-order valence-corrected chi connectivity index (χ2v) is 7.98. The van der Waals surface area contributed by atoms with Crippen molar-refractivity contribution in [2.24, 2.45) is 5.92 Å². The Morgan fingerprint density at radius 2 is 1.94 bits per heavy atom. The van der Waals surface area contributed by atoms with Crippen LogP contribution in [0.15, 0.2) is 37.2 Å². The van der Waals surface area contributed by atoms with Gasteiger partial charge in [-0.3, -0.25) is 9.78 Å². The number of ether oxygens (including phenoxy) is 2. The Balaban J connectivity index is 1.63. The second-order valence-electron chi connectivity index (χ2n) is 7.98. The molecule has 0 saturated carbocycles. The minimum Gasteiger partial charge on any atom is -0.494 e. The zero-order chi connectivity index (χ0) is 24.2. The summed E-state index contributed by atoms with van der Waals surface area (Å²) in [4.78, 5) is 24.9. The van der Waals surface area contributed by atoms with E-state index in [-0.39, 0.29) is 40.5 Å². The fraction of sp³-hybridized carbons (Fsp3) is 0.333. The first-order valence-corrected chi connectivity index (χ1v) is 10.8. The highest BCUT2D eigenvalue weighted by molar-refractivity contribution is 5.89. The van der Waals surface area contributed by atoms with Crippen LogP contribution in [-0.2, 0) is 4.79 Å². The maximum absolute atomic E-state index is 14.9. The number of ketones is 1. The lowest BCUT2D eigenvalue weighted by atomic mass is 9.88. The molecule has 8 nitrogen and oxygen atoms in total. The first kappa shape index (κ1) is 23.5. The second kappa shape index (κ2) is 10.1. The summed E-state index contributed by atoms with van der Waals surface area (Å²) < 4.78 is 39.8. The van der Waals surface area contributed by atoms with Crippen LogP contribution in [0.1, 0.15) is 12.8 Å². The lowest BCUT2D eigenvalue weighted by Crippen LogP contribution is -2.46. The molecular weight excluding hydrogens is 444 g/mol. The average molecular weight is 469 g/mol. The first-order valence-electron chi connectivity index (χ1n) is 10.8. The summed E-state index contributed by atoms with van der Waals surface area (Å²) in [5.74, 6) is -1.56. The van der Waals surface area contributed by atoms with Crippen LogP contribution in [0.4, 0.5) is 14.7 Å². The lowest BCUT2D eigenvalue weighted by molar-refractivity contribution is -0.115. The van der Waals surface area contributed by atoms with Gasteiger partial charge in [0.1, 0.15) is 0 Å². The highest BCUT2D eigenvalue weighted by atomic mass is 19.1. The summed E-state index contributed by atoms with van der Waals surface area (Å²) in [7, 11) is 2.57. The van der Waals surface area contributed by atoms with Gasteiger partial charge < -0.3 is 20.1 Å². The molecule has 1 saturated heterocycles. The van der Waals surface area contributed by atoms with Gasteiger partial charge in [-0.25, -0.2) is 18.7 Å². The molecule has 1 aromatic carbocycles. The van der Waals surface area contributed by atoms with Crippen LogP contribution in [-0.4, -0.2) is 54.1 Å². The molecule has 1 aliphatic heterocycles. The SMILES string of the molecule is C=CC(=O)C[C@H]1CCNC[C@H]1Nc1ncc2cc(-c3c(F)c(OC)cc(OC)c3F)ncc2n1. The molecule has 2 atom stereocenters. The molecule has 1 aliphatic rings. The van der Waals surface area contributed by atoms with Gasteiger partial charge >= 0.3 is 0 Å². The fourth-order valence-corrected chi connectivity index (χ4v) is 4.08. The van der Waals surface area contributed by atoms with E-state index in [9.17, 15) is 13.6 Å².